The van der Waals surface area contributed by atoms with E-state index in [4.69, 9.17) is 23.5 Å². The third-order valence-corrected chi connectivity index (χ3v) is 12.6. The van der Waals surface area contributed by atoms with Crippen LogP contribution >= 0.6 is 0 Å². The van der Waals surface area contributed by atoms with Gasteiger partial charge in [0, 0.05) is 32.0 Å². The highest BCUT2D eigenvalue weighted by molar-refractivity contribution is 6.74. The van der Waals surface area contributed by atoms with Crippen molar-refractivity contribution in [1.29, 1.82) is 0 Å². The molecule has 1 aromatic heterocycles. The zero-order valence-corrected chi connectivity index (χ0v) is 23.1. The summed E-state index contributed by atoms with van der Waals surface area (Å²) >= 11 is 0. The molecule has 1 saturated heterocycles. The van der Waals surface area contributed by atoms with Gasteiger partial charge in [-0.15, -0.1) is 0 Å². The van der Waals surface area contributed by atoms with E-state index in [1.165, 1.54) is 4.90 Å². The van der Waals surface area contributed by atoms with Gasteiger partial charge >= 0.3 is 6.09 Å². The zero-order valence-electron chi connectivity index (χ0n) is 22.1. The maximum Gasteiger partial charge on any atom is 0.407 e. The van der Waals surface area contributed by atoms with Crippen LogP contribution in [0.2, 0.25) is 18.1 Å². The molecule has 2 aromatic rings. The molecule has 0 bridgehead atoms. The predicted octanol–water partition coefficient (Wildman–Crippen LogP) is 5.63. The number of carboxylic acid groups (broad SMARTS) is 1. The molecule has 1 aliphatic heterocycles. The molecule has 0 unspecified atom stereocenters. The highest BCUT2D eigenvalue weighted by atomic mass is 28.4. The van der Waals surface area contributed by atoms with E-state index in [-0.39, 0.29) is 17.1 Å². The van der Waals surface area contributed by atoms with Gasteiger partial charge in [-0.25, -0.2) is 4.79 Å². The van der Waals surface area contributed by atoms with Crippen molar-refractivity contribution in [1.82, 2.24) is 10.1 Å². The van der Waals surface area contributed by atoms with E-state index in [2.05, 4.69) is 39.0 Å². The number of piperidine rings is 1. The third kappa shape index (κ3) is 5.98. The first-order valence-electron chi connectivity index (χ1n) is 13.0. The summed E-state index contributed by atoms with van der Waals surface area (Å²) < 4.78 is 24.2. The SMILES string of the molecule is CC(C)(C)[Si](C)(C)O[C@H]1CC[C@@](O)(Oc2cccc3onc(OCC4CCN(C(=O)O)CC4)c23)CC1. The number of carbonyl (C=O) groups is 1. The van der Waals surface area contributed by atoms with Gasteiger partial charge in [0.1, 0.15) is 11.1 Å². The fourth-order valence-corrected chi connectivity index (χ4v) is 6.09. The van der Waals surface area contributed by atoms with E-state index >= 15 is 0 Å². The Morgan fingerprint density at radius 2 is 1.86 bits per heavy atom. The number of rotatable bonds is 7. The van der Waals surface area contributed by atoms with Gasteiger partial charge < -0.3 is 33.5 Å². The molecule has 4 rings (SSSR count). The lowest BCUT2D eigenvalue weighted by Gasteiger charge is -2.43. The molecule has 10 heteroatoms. The molecule has 1 aliphatic carbocycles. The first-order chi connectivity index (χ1) is 16.9. The zero-order chi connectivity index (χ0) is 26.1. The summed E-state index contributed by atoms with van der Waals surface area (Å²) in [5.41, 5.74) is 0.529. The molecule has 200 valence electrons. The van der Waals surface area contributed by atoms with E-state index < -0.39 is 20.2 Å². The first kappa shape index (κ1) is 26.8. The lowest BCUT2D eigenvalue weighted by atomic mass is 9.92. The standard InChI is InChI=1S/C26H40N2O7Si/c1-25(2,3)36(4,5)35-19-9-13-26(31,14-10-19)33-20-7-6-8-21-22(20)23(27-34-21)32-17-18-11-15-28(16-12-18)24(29)30/h6-8,18-19,31H,9-17H2,1-5H3,(H,29,30)/t19-,26+. The Labute approximate surface area is 213 Å². The second kappa shape index (κ2) is 10.2. The Bertz CT molecular complexity index is 1050. The summed E-state index contributed by atoms with van der Waals surface area (Å²) in [4.78, 5) is 12.6. The fraction of sp³-hybridized carbons (Fsp3) is 0.692. The van der Waals surface area contributed by atoms with Crippen LogP contribution in [0.25, 0.3) is 11.0 Å². The number of ether oxygens (including phenoxy) is 2. The van der Waals surface area contributed by atoms with E-state index in [0.29, 0.717) is 55.1 Å². The van der Waals surface area contributed by atoms with Gasteiger partial charge in [-0.3, -0.25) is 0 Å². The monoisotopic (exact) mass is 520 g/mol. The number of aliphatic hydroxyl groups is 1. The van der Waals surface area contributed by atoms with Crippen molar-refractivity contribution in [3.05, 3.63) is 18.2 Å². The summed E-state index contributed by atoms with van der Waals surface area (Å²) in [6.07, 6.45) is 3.16. The second-order valence-electron chi connectivity index (χ2n) is 11.8. The van der Waals surface area contributed by atoms with Crippen molar-refractivity contribution < 1.29 is 33.4 Å². The van der Waals surface area contributed by atoms with Gasteiger partial charge in [0.15, 0.2) is 13.9 Å². The van der Waals surface area contributed by atoms with Crippen LogP contribution in [-0.4, -0.2) is 66.3 Å². The topological polar surface area (TPSA) is 114 Å². The van der Waals surface area contributed by atoms with Gasteiger partial charge in [0.05, 0.1) is 6.61 Å². The van der Waals surface area contributed by atoms with Crippen LogP contribution in [-0.2, 0) is 4.43 Å². The number of aromatic nitrogens is 1. The Kier molecular flexibility index (Phi) is 7.59. The van der Waals surface area contributed by atoms with Crippen molar-refractivity contribution >= 4 is 25.4 Å². The highest BCUT2D eigenvalue weighted by Gasteiger charge is 2.42. The average molecular weight is 521 g/mol. The van der Waals surface area contributed by atoms with Gasteiger partial charge in [0.25, 0.3) is 5.88 Å². The molecule has 2 N–H and O–H groups in total. The molecule has 36 heavy (non-hydrogen) atoms. The fourth-order valence-electron chi connectivity index (χ4n) is 4.67. The summed E-state index contributed by atoms with van der Waals surface area (Å²) in [7, 11) is -1.87. The molecular weight excluding hydrogens is 480 g/mol. The van der Waals surface area contributed by atoms with E-state index in [0.717, 1.165) is 25.7 Å². The summed E-state index contributed by atoms with van der Waals surface area (Å²) in [6.45, 7) is 12.6. The maximum atomic E-state index is 11.3. The Morgan fingerprint density at radius 1 is 1.19 bits per heavy atom. The molecule has 2 aliphatic rings. The Balaban J connectivity index is 1.39. The van der Waals surface area contributed by atoms with Crippen LogP contribution in [0.1, 0.15) is 59.3 Å². The highest BCUT2D eigenvalue weighted by Crippen LogP contribution is 2.42. The molecule has 0 atom stereocenters. The van der Waals surface area contributed by atoms with Crippen LogP contribution < -0.4 is 9.47 Å². The minimum absolute atomic E-state index is 0.132. The number of fused-ring (bicyclic) bond motifs is 1. The van der Waals surface area contributed by atoms with Crippen molar-refractivity contribution in [3.8, 4) is 11.6 Å². The van der Waals surface area contributed by atoms with E-state index in [9.17, 15) is 9.90 Å². The minimum atomic E-state index is -1.87. The van der Waals surface area contributed by atoms with E-state index in [1.54, 1.807) is 12.1 Å². The molecule has 2 heterocycles. The second-order valence-corrected chi connectivity index (χ2v) is 16.5. The van der Waals surface area contributed by atoms with Crippen molar-refractivity contribution in [2.75, 3.05) is 19.7 Å². The number of hydrogen-bond acceptors (Lipinski definition) is 7. The maximum absolute atomic E-state index is 11.3. The lowest BCUT2D eigenvalue weighted by Crippen LogP contribution is -2.48. The van der Waals surface area contributed by atoms with Crippen LogP contribution in [0.15, 0.2) is 22.7 Å². The van der Waals surface area contributed by atoms with Crippen LogP contribution in [0.5, 0.6) is 11.6 Å². The smallest absolute Gasteiger partial charge is 0.407 e. The average Bonchev–Trinajstić information content (AvgIpc) is 3.23. The van der Waals surface area contributed by atoms with Crippen molar-refractivity contribution in [2.45, 2.75) is 89.3 Å². The van der Waals surface area contributed by atoms with Crippen LogP contribution in [0.4, 0.5) is 4.79 Å². The molecular formula is C26H40N2O7Si. The predicted molar refractivity (Wildman–Crippen MR) is 138 cm³/mol. The number of benzene rings is 1. The van der Waals surface area contributed by atoms with Crippen LogP contribution in [0, 0.1) is 5.92 Å². The van der Waals surface area contributed by atoms with Crippen molar-refractivity contribution in [3.63, 3.8) is 0 Å². The molecule has 1 amide bonds. The van der Waals surface area contributed by atoms with Gasteiger partial charge in [0.2, 0.25) is 5.79 Å². The molecule has 0 radical (unpaired) electrons. The molecule has 2 fully saturated rings. The summed E-state index contributed by atoms with van der Waals surface area (Å²) in [5.74, 6) is -0.240. The molecule has 1 aromatic carbocycles. The molecule has 0 spiro atoms. The van der Waals surface area contributed by atoms with Gasteiger partial charge in [-0.05, 0) is 67.0 Å². The number of likely N-dealkylation sites (tertiary alicyclic amines) is 1. The van der Waals surface area contributed by atoms with Crippen molar-refractivity contribution in [2.24, 2.45) is 5.92 Å². The minimum Gasteiger partial charge on any atom is -0.475 e. The van der Waals surface area contributed by atoms with Gasteiger partial charge in [-0.1, -0.05) is 26.8 Å². The first-order valence-corrected chi connectivity index (χ1v) is 15.9. The van der Waals surface area contributed by atoms with E-state index in [1.807, 2.05) is 6.07 Å². The summed E-state index contributed by atoms with van der Waals surface area (Å²) in [5, 5.41) is 25.3. The number of nitrogens with zero attached hydrogens (tertiary/aromatic N) is 2. The third-order valence-electron chi connectivity index (χ3n) is 8.05. The number of amides is 1. The van der Waals surface area contributed by atoms with Crippen LogP contribution in [0.3, 0.4) is 0 Å². The molecule has 9 nitrogen and oxygen atoms in total. The normalized spacial score (nSPS) is 24.2. The Morgan fingerprint density at radius 3 is 2.47 bits per heavy atom. The number of hydrogen-bond donors (Lipinski definition) is 2. The lowest BCUT2D eigenvalue weighted by molar-refractivity contribution is -0.169. The largest absolute Gasteiger partial charge is 0.475 e. The van der Waals surface area contributed by atoms with Gasteiger partial charge in [-0.2, -0.15) is 0 Å². The molecule has 1 saturated carbocycles. The summed E-state index contributed by atoms with van der Waals surface area (Å²) in [6, 6.07) is 5.40. The Hall–Kier alpha value is -2.30. The quantitative estimate of drug-likeness (QED) is 0.357.